The maximum Gasteiger partial charge on any atom is 0.338 e. The summed E-state index contributed by atoms with van der Waals surface area (Å²) in [4.78, 5) is 26.4. The molecule has 1 aliphatic rings. The first-order valence-corrected chi connectivity index (χ1v) is 10.4. The fourth-order valence-electron chi connectivity index (χ4n) is 3.15. The highest BCUT2D eigenvalue weighted by Crippen LogP contribution is 2.37. The smallest absolute Gasteiger partial charge is 0.338 e. The van der Waals surface area contributed by atoms with Gasteiger partial charge in [0.25, 0.3) is 5.91 Å². The molecule has 0 unspecified atom stereocenters. The van der Waals surface area contributed by atoms with Gasteiger partial charge in [0.2, 0.25) is 0 Å². The molecule has 1 fully saturated rings. The standard InChI is InChI=1S/C22H24BrNO5/c1-27-19-13-17(22(26)29-15-20(25)24-10-6-3-7-11-24)12-18(23)21(19)28-14-16-8-4-2-5-9-16/h2,4-5,8-9,12-13H,3,6-7,10-11,14-15H2,1H3. The summed E-state index contributed by atoms with van der Waals surface area (Å²) in [5.74, 6) is 0.165. The van der Waals surface area contributed by atoms with Gasteiger partial charge in [0.1, 0.15) is 6.61 Å². The molecule has 0 atom stereocenters. The highest BCUT2D eigenvalue weighted by molar-refractivity contribution is 9.10. The average Bonchev–Trinajstić information content (AvgIpc) is 2.77. The van der Waals surface area contributed by atoms with E-state index in [1.807, 2.05) is 30.3 Å². The van der Waals surface area contributed by atoms with E-state index in [-0.39, 0.29) is 18.1 Å². The van der Waals surface area contributed by atoms with Gasteiger partial charge < -0.3 is 19.1 Å². The number of benzene rings is 2. The van der Waals surface area contributed by atoms with Crippen molar-refractivity contribution in [3.8, 4) is 11.5 Å². The molecule has 0 spiro atoms. The summed E-state index contributed by atoms with van der Waals surface area (Å²) in [5, 5.41) is 0. The molecule has 0 saturated carbocycles. The van der Waals surface area contributed by atoms with Crippen molar-refractivity contribution in [3.63, 3.8) is 0 Å². The van der Waals surface area contributed by atoms with Crippen molar-refractivity contribution in [1.82, 2.24) is 4.90 Å². The Morgan fingerprint density at radius 2 is 1.79 bits per heavy atom. The fourth-order valence-corrected chi connectivity index (χ4v) is 3.71. The molecule has 0 radical (unpaired) electrons. The van der Waals surface area contributed by atoms with E-state index in [1.54, 1.807) is 17.0 Å². The minimum Gasteiger partial charge on any atom is -0.493 e. The molecule has 3 rings (SSSR count). The number of piperidine rings is 1. The van der Waals surface area contributed by atoms with Gasteiger partial charge in [-0.15, -0.1) is 0 Å². The number of methoxy groups -OCH3 is 1. The number of carbonyl (C=O) groups excluding carboxylic acids is 2. The highest BCUT2D eigenvalue weighted by Gasteiger charge is 2.20. The molecule has 6 nitrogen and oxygen atoms in total. The second kappa shape index (κ2) is 10.3. The number of hydrogen-bond acceptors (Lipinski definition) is 5. The SMILES string of the molecule is COc1cc(C(=O)OCC(=O)N2CCCCC2)cc(Br)c1OCc1ccccc1. The summed E-state index contributed by atoms with van der Waals surface area (Å²) in [7, 11) is 1.51. The van der Waals surface area contributed by atoms with Gasteiger partial charge in [0.05, 0.1) is 17.1 Å². The van der Waals surface area contributed by atoms with E-state index in [9.17, 15) is 9.59 Å². The maximum atomic E-state index is 12.4. The zero-order valence-electron chi connectivity index (χ0n) is 16.4. The molecule has 0 bridgehead atoms. The molecule has 1 heterocycles. The van der Waals surface area contributed by atoms with Crippen LogP contribution in [0.3, 0.4) is 0 Å². The van der Waals surface area contributed by atoms with E-state index in [1.165, 1.54) is 7.11 Å². The number of rotatable bonds is 7. The summed E-state index contributed by atoms with van der Waals surface area (Å²) in [6.07, 6.45) is 3.12. The highest BCUT2D eigenvalue weighted by atomic mass is 79.9. The number of hydrogen-bond donors (Lipinski definition) is 0. The first kappa shape index (κ1) is 21.2. The molecule has 7 heteroatoms. The number of carbonyl (C=O) groups is 2. The van der Waals surface area contributed by atoms with Crippen LogP contribution in [-0.4, -0.2) is 43.6 Å². The van der Waals surface area contributed by atoms with E-state index in [0.717, 1.165) is 37.9 Å². The van der Waals surface area contributed by atoms with Crippen molar-refractivity contribution in [2.45, 2.75) is 25.9 Å². The summed E-state index contributed by atoms with van der Waals surface area (Å²) >= 11 is 3.44. The zero-order valence-corrected chi connectivity index (χ0v) is 17.9. The number of ether oxygens (including phenoxy) is 3. The van der Waals surface area contributed by atoms with Crippen LogP contribution in [0, 0.1) is 0 Å². The van der Waals surface area contributed by atoms with Gasteiger partial charge in [-0.2, -0.15) is 0 Å². The Balaban J connectivity index is 1.64. The summed E-state index contributed by atoms with van der Waals surface area (Å²) in [6.45, 7) is 1.56. The monoisotopic (exact) mass is 461 g/mol. The predicted molar refractivity (Wildman–Crippen MR) is 112 cm³/mol. The topological polar surface area (TPSA) is 65.1 Å². The maximum absolute atomic E-state index is 12.4. The van der Waals surface area contributed by atoms with Crippen LogP contribution in [0.1, 0.15) is 35.2 Å². The van der Waals surface area contributed by atoms with Crippen molar-refractivity contribution in [3.05, 3.63) is 58.1 Å². The minimum absolute atomic E-state index is 0.160. The van der Waals surface area contributed by atoms with Crippen LogP contribution in [0.5, 0.6) is 11.5 Å². The first-order chi connectivity index (χ1) is 14.1. The molecule has 0 aliphatic carbocycles. The van der Waals surface area contributed by atoms with Gasteiger partial charge in [-0.1, -0.05) is 30.3 Å². The minimum atomic E-state index is -0.580. The normalized spacial score (nSPS) is 13.7. The van der Waals surface area contributed by atoms with Crippen LogP contribution < -0.4 is 9.47 Å². The lowest BCUT2D eigenvalue weighted by Gasteiger charge is -2.26. The summed E-state index contributed by atoms with van der Waals surface area (Å²) in [6, 6.07) is 12.9. The Hall–Kier alpha value is -2.54. The zero-order chi connectivity index (χ0) is 20.6. The third-order valence-electron chi connectivity index (χ3n) is 4.73. The van der Waals surface area contributed by atoms with Gasteiger partial charge in [0, 0.05) is 13.1 Å². The summed E-state index contributed by atoms with van der Waals surface area (Å²) in [5.41, 5.74) is 1.30. The largest absolute Gasteiger partial charge is 0.493 e. The molecule has 1 saturated heterocycles. The van der Waals surface area contributed by atoms with Crippen LogP contribution in [0.4, 0.5) is 0 Å². The van der Waals surface area contributed by atoms with Gasteiger partial charge in [-0.05, 0) is 52.9 Å². The quantitative estimate of drug-likeness (QED) is 0.577. The van der Waals surface area contributed by atoms with Crippen molar-refractivity contribution in [2.24, 2.45) is 0 Å². The molecular weight excluding hydrogens is 438 g/mol. The first-order valence-electron chi connectivity index (χ1n) is 9.57. The number of esters is 1. The number of amides is 1. The molecular formula is C22H24BrNO5. The Morgan fingerprint density at radius 1 is 1.07 bits per heavy atom. The lowest BCUT2D eigenvalue weighted by atomic mass is 10.1. The Kier molecular flexibility index (Phi) is 7.52. The van der Waals surface area contributed by atoms with Crippen molar-refractivity contribution in [2.75, 3.05) is 26.8 Å². The Bertz CT molecular complexity index is 850. The third kappa shape index (κ3) is 5.73. The van der Waals surface area contributed by atoms with E-state index < -0.39 is 5.97 Å². The lowest BCUT2D eigenvalue weighted by molar-refractivity contribution is -0.135. The summed E-state index contributed by atoms with van der Waals surface area (Å²) < 4.78 is 17.1. The Morgan fingerprint density at radius 3 is 2.48 bits per heavy atom. The molecule has 29 heavy (non-hydrogen) atoms. The van der Waals surface area contributed by atoms with Crippen LogP contribution in [0.25, 0.3) is 0 Å². The van der Waals surface area contributed by atoms with E-state index in [4.69, 9.17) is 14.2 Å². The van der Waals surface area contributed by atoms with Gasteiger partial charge in [-0.3, -0.25) is 4.79 Å². The van der Waals surface area contributed by atoms with Gasteiger partial charge in [0.15, 0.2) is 18.1 Å². The van der Waals surface area contributed by atoms with E-state index in [0.29, 0.717) is 22.6 Å². The van der Waals surface area contributed by atoms with Crippen molar-refractivity contribution in [1.29, 1.82) is 0 Å². The van der Waals surface area contributed by atoms with Crippen LogP contribution in [-0.2, 0) is 16.1 Å². The number of nitrogens with zero attached hydrogens (tertiary/aromatic N) is 1. The lowest BCUT2D eigenvalue weighted by Crippen LogP contribution is -2.38. The van der Waals surface area contributed by atoms with Gasteiger partial charge in [-0.25, -0.2) is 4.79 Å². The second-order valence-corrected chi connectivity index (χ2v) is 7.64. The molecule has 2 aromatic rings. The van der Waals surface area contributed by atoms with Gasteiger partial charge >= 0.3 is 5.97 Å². The Labute approximate surface area is 178 Å². The molecule has 1 amide bonds. The third-order valence-corrected chi connectivity index (χ3v) is 5.32. The second-order valence-electron chi connectivity index (χ2n) is 6.78. The molecule has 154 valence electrons. The molecule has 0 N–H and O–H groups in total. The molecule has 1 aliphatic heterocycles. The molecule has 2 aromatic carbocycles. The van der Waals surface area contributed by atoms with Crippen molar-refractivity contribution < 1.29 is 23.8 Å². The van der Waals surface area contributed by atoms with Crippen LogP contribution in [0.2, 0.25) is 0 Å². The fraction of sp³-hybridized carbons (Fsp3) is 0.364. The van der Waals surface area contributed by atoms with E-state index >= 15 is 0 Å². The average molecular weight is 462 g/mol. The molecule has 0 aromatic heterocycles. The van der Waals surface area contributed by atoms with Crippen LogP contribution in [0.15, 0.2) is 46.9 Å². The number of likely N-dealkylation sites (tertiary alicyclic amines) is 1. The van der Waals surface area contributed by atoms with Crippen molar-refractivity contribution >= 4 is 27.8 Å². The van der Waals surface area contributed by atoms with Crippen LogP contribution >= 0.6 is 15.9 Å². The number of halogens is 1. The predicted octanol–water partition coefficient (Wildman–Crippen LogP) is 4.21. The van der Waals surface area contributed by atoms with E-state index in [2.05, 4.69) is 15.9 Å².